The summed E-state index contributed by atoms with van der Waals surface area (Å²) in [6, 6.07) is 13.5. The van der Waals surface area contributed by atoms with Crippen molar-refractivity contribution in [2.75, 3.05) is 13.6 Å². The van der Waals surface area contributed by atoms with Crippen molar-refractivity contribution in [3.8, 4) is 0 Å². The molecule has 2 heterocycles. The Labute approximate surface area is 168 Å². The van der Waals surface area contributed by atoms with Gasteiger partial charge in [0.05, 0.1) is 6.04 Å². The molecule has 0 aliphatic carbocycles. The minimum atomic E-state index is -0.364. The number of benzene rings is 1. The van der Waals surface area contributed by atoms with E-state index in [9.17, 15) is 14.4 Å². The molecule has 146 valence electrons. The molecule has 1 saturated heterocycles. The highest BCUT2D eigenvalue weighted by atomic mass is 32.1. The van der Waals surface area contributed by atoms with Crippen LogP contribution >= 0.6 is 11.3 Å². The van der Waals surface area contributed by atoms with Crippen LogP contribution in [-0.4, -0.2) is 36.2 Å². The maximum atomic E-state index is 12.7. The minimum absolute atomic E-state index is 0.0378. The average Bonchev–Trinajstić information content (AvgIpc) is 3.28. The van der Waals surface area contributed by atoms with Gasteiger partial charge in [-0.1, -0.05) is 36.4 Å². The van der Waals surface area contributed by atoms with E-state index in [1.165, 1.54) is 18.3 Å². The zero-order valence-electron chi connectivity index (χ0n) is 15.8. The Balaban J connectivity index is 1.72. The topological polar surface area (TPSA) is 78.5 Å². The lowest BCUT2D eigenvalue weighted by Crippen LogP contribution is -2.37. The summed E-state index contributed by atoms with van der Waals surface area (Å²) in [7, 11) is 1.79. The lowest BCUT2D eigenvalue weighted by atomic mass is 9.93. The number of nitrogens with zero attached hydrogens (tertiary/aromatic N) is 1. The van der Waals surface area contributed by atoms with E-state index in [1.54, 1.807) is 18.0 Å². The molecule has 1 fully saturated rings. The van der Waals surface area contributed by atoms with Crippen LogP contribution in [0, 0.1) is 5.92 Å². The molecule has 7 heteroatoms. The van der Waals surface area contributed by atoms with Gasteiger partial charge in [0.15, 0.2) is 0 Å². The lowest BCUT2D eigenvalue weighted by molar-refractivity contribution is -0.127. The third-order valence-corrected chi connectivity index (χ3v) is 5.56. The summed E-state index contributed by atoms with van der Waals surface area (Å²) in [6.45, 7) is 1.71. The highest BCUT2D eigenvalue weighted by Crippen LogP contribution is 2.36. The van der Waals surface area contributed by atoms with Gasteiger partial charge in [-0.05, 0) is 23.1 Å². The third-order valence-electron chi connectivity index (χ3n) is 4.74. The Kier molecular flexibility index (Phi) is 6.26. The van der Waals surface area contributed by atoms with Crippen LogP contribution < -0.4 is 10.6 Å². The zero-order chi connectivity index (χ0) is 20.1. The van der Waals surface area contributed by atoms with E-state index < -0.39 is 0 Å². The van der Waals surface area contributed by atoms with Crippen LogP contribution in [0.25, 0.3) is 6.08 Å². The van der Waals surface area contributed by atoms with Crippen molar-refractivity contribution < 1.29 is 14.4 Å². The van der Waals surface area contributed by atoms with Gasteiger partial charge in [-0.3, -0.25) is 14.4 Å². The van der Waals surface area contributed by atoms with Crippen molar-refractivity contribution in [2.24, 2.45) is 5.92 Å². The monoisotopic (exact) mass is 397 g/mol. The summed E-state index contributed by atoms with van der Waals surface area (Å²) >= 11 is 1.48. The molecule has 0 unspecified atom stereocenters. The van der Waals surface area contributed by atoms with E-state index in [1.807, 2.05) is 47.8 Å². The number of carbonyl (C=O) groups is 3. The summed E-state index contributed by atoms with van der Waals surface area (Å²) in [4.78, 5) is 39.0. The van der Waals surface area contributed by atoms with Gasteiger partial charge in [-0.25, -0.2) is 0 Å². The smallest absolute Gasteiger partial charge is 0.267 e. The first-order valence-electron chi connectivity index (χ1n) is 9.07. The Morgan fingerprint density at radius 3 is 2.61 bits per heavy atom. The van der Waals surface area contributed by atoms with Crippen molar-refractivity contribution in [2.45, 2.75) is 19.4 Å². The molecule has 2 N–H and O–H groups in total. The predicted octanol–water partition coefficient (Wildman–Crippen LogP) is 2.56. The Hall–Kier alpha value is -2.93. The lowest BCUT2D eigenvalue weighted by Gasteiger charge is -2.25. The summed E-state index contributed by atoms with van der Waals surface area (Å²) in [5.41, 5.74) is 1.25. The number of amides is 3. The Morgan fingerprint density at radius 2 is 1.96 bits per heavy atom. The number of nitrogens with one attached hydrogen (secondary N) is 2. The highest BCUT2D eigenvalue weighted by molar-refractivity contribution is 7.10. The van der Waals surface area contributed by atoms with Gasteiger partial charge in [0.1, 0.15) is 5.70 Å². The number of hydrogen-bond acceptors (Lipinski definition) is 4. The molecule has 28 heavy (non-hydrogen) atoms. The molecule has 1 aliphatic heterocycles. The van der Waals surface area contributed by atoms with Crippen LogP contribution in [0.5, 0.6) is 0 Å². The number of rotatable bonds is 6. The molecule has 0 spiro atoms. The van der Waals surface area contributed by atoms with E-state index in [4.69, 9.17) is 0 Å². The molecule has 6 nitrogen and oxygen atoms in total. The van der Waals surface area contributed by atoms with Gasteiger partial charge in [0, 0.05) is 37.7 Å². The van der Waals surface area contributed by atoms with E-state index in [0.29, 0.717) is 13.0 Å². The number of carbonyl (C=O) groups excluding carboxylic acids is 3. The second-order valence-electron chi connectivity index (χ2n) is 6.79. The van der Waals surface area contributed by atoms with Crippen LogP contribution in [0.2, 0.25) is 0 Å². The molecule has 1 aliphatic rings. The minimum Gasteiger partial charge on any atom is -0.350 e. The van der Waals surface area contributed by atoms with Crippen molar-refractivity contribution in [3.63, 3.8) is 0 Å². The maximum absolute atomic E-state index is 12.7. The summed E-state index contributed by atoms with van der Waals surface area (Å²) in [5, 5.41) is 7.38. The molecular weight excluding hydrogens is 374 g/mol. The number of hydrogen-bond donors (Lipinski definition) is 2. The van der Waals surface area contributed by atoms with E-state index >= 15 is 0 Å². The Morgan fingerprint density at radius 1 is 1.21 bits per heavy atom. The third kappa shape index (κ3) is 4.67. The molecular formula is C21H23N3O3S. The van der Waals surface area contributed by atoms with Gasteiger partial charge >= 0.3 is 0 Å². The quantitative estimate of drug-likeness (QED) is 0.736. The van der Waals surface area contributed by atoms with E-state index in [0.717, 1.165) is 10.4 Å². The number of thiophene rings is 1. The van der Waals surface area contributed by atoms with Crippen LogP contribution in [0.4, 0.5) is 0 Å². The fourth-order valence-corrected chi connectivity index (χ4v) is 4.12. The van der Waals surface area contributed by atoms with Crippen molar-refractivity contribution in [1.82, 2.24) is 15.5 Å². The second kappa shape index (κ2) is 8.84. The van der Waals surface area contributed by atoms with Gasteiger partial charge in [-0.2, -0.15) is 0 Å². The van der Waals surface area contributed by atoms with Crippen molar-refractivity contribution >= 4 is 35.1 Å². The molecule has 0 radical (unpaired) electrons. The zero-order valence-corrected chi connectivity index (χ0v) is 16.7. The number of likely N-dealkylation sites (tertiary alicyclic amines) is 1. The van der Waals surface area contributed by atoms with E-state index in [-0.39, 0.29) is 35.4 Å². The fourth-order valence-electron chi connectivity index (χ4n) is 3.46. The molecule has 0 bridgehead atoms. The van der Waals surface area contributed by atoms with Gasteiger partial charge in [0.25, 0.3) is 5.91 Å². The molecule has 2 atom stereocenters. The first kappa shape index (κ1) is 19.8. The molecule has 1 aromatic heterocycles. The SMILES string of the molecule is CC(=O)N/C(=C/c1cccs1)C(=O)NC[C@H]1CC(=O)N(C)[C@@H]1c1ccccc1. The van der Waals surface area contributed by atoms with Gasteiger partial charge in [0.2, 0.25) is 11.8 Å². The molecule has 2 aromatic rings. The van der Waals surface area contributed by atoms with Crippen LogP contribution in [0.3, 0.4) is 0 Å². The van der Waals surface area contributed by atoms with Crippen LogP contribution in [-0.2, 0) is 14.4 Å². The van der Waals surface area contributed by atoms with Crippen LogP contribution in [0.1, 0.15) is 29.8 Å². The van der Waals surface area contributed by atoms with Gasteiger partial charge in [-0.15, -0.1) is 11.3 Å². The molecule has 3 rings (SSSR count). The second-order valence-corrected chi connectivity index (χ2v) is 7.77. The summed E-state index contributed by atoms with van der Waals surface area (Å²) < 4.78 is 0. The Bertz CT molecular complexity index is 878. The van der Waals surface area contributed by atoms with Crippen LogP contribution in [0.15, 0.2) is 53.5 Å². The maximum Gasteiger partial charge on any atom is 0.267 e. The first-order chi connectivity index (χ1) is 13.5. The average molecular weight is 398 g/mol. The standard InChI is InChI=1S/C21H23N3O3S/c1-14(25)23-18(12-17-9-6-10-28-17)21(27)22-13-16-11-19(26)24(2)20(16)15-7-4-3-5-8-15/h3-10,12,16,20H,11,13H2,1-2H3,(H,22,27)(H,23,25)/b18-12+/t16-,20-/m1/s1. The fraction of sp³-hybridized carbons (Fsp3) is 0.286. The molecule has 1 aromatic carbocycles. The highest BCUT2D eigenvalue weighted by Gasteiger charge is 2.38. The largest absolute Gasteiger partial charge is 0.350 e. The van der Waals surface area contributed by atoms with Gasteiger partial charge < -0.3 is 15.5 Å². The normalized spacial score (nSPS) is 19.6. The molecule has 3 amide bonds. The summed E-state index contributed by atoms with van der Waals surface area (Å²) in [5.74, 6) is -0.651. The predicted molar refractivity (Wildman–Crippen MR) is 109 cm³/mol. The van der Waals surface area contributed by atoms with Crippen molar-refractivity contribution in [1.29, 1.82) is 0 Å². The molecule has 0 saturated carbocycles. The van der Waals surface area contributed by atoms with Crippen molar-refractivity contribution in [3.05, 3.63) is 64.0 Å². The van der Waals surface area contributed by atoms with E-state index in [2.05, 4.69) is 10.6 Å². The summed E-state index contributed by atoms with van der Waals surface area (Å²) in [6.07, 6.45) is 2.03. The first-order valence-corrected chi connectivity index (χ1v) is 9.95.